The molecule has 3 heterocycles. The summed E-state index contributed by atoms with van der Waals surface area (Å²) >= 11 is 0. The maximum Gasteiger partial charge on any atom is 0.233 e. The number of nitrogens with zero attached hydrogens (tertiary/aromatic N) is 3. The number of anilines is 1. The second-order valence-electron chi connectivity index (χ2n) is 8.68. The van der Waals surface area contributed by atoms with E-state index in [9.17, 15) is 9.18 Å². The lowest BCUT2D eigenvalue weighted by Gasteiger charge is -2.29. The van der Waals surface area contributed by atoms with Crippen LogP contribution < -0.4 is 4.90 Å². The Balaban J connectivity index is 1.51. The van der Waals surface area contributed by atoms with E-state index in [0.29, 0.717) is 51.0 Å². The molecule has 1 aliphatic carbocycles. The van der Waals surface area contributed by atoms with Gasteiger partial charge in [-0.05, 0) is 49.2 Å². The van der Waals surface area contributed by atoms with Gasteiger partial charge in [-0.15, -0.1) is 0 Å². The second kappa shape index (κ2) is 9.79. The predicted molar refractivity (Wildman–Crippen MR) is 120 cm³/mol. The van der Waals surface area contributed by atoms with Crippen LogP contribution in [0, 0.1) is 11.7 Å². The van der Waals surface area contributed by atoms with E-state index in [-0.39, 0.29) is 17.6 Å². The molecule has 1 saturated carbocycles. The van der Waals surface area contributed by atoms with E-state index in [2.05, 4.69) is 10.1 Å². The Bertz CT molecular complexity index is 1050. The topological polar surface area (TPSA) is 72.0 Å². The molecule has 1 aliphatic heterocycles. The number of carbonyl (C=O) groups excluding carboxylic acids is 1. The molecule has 2 aromatic heterocycles. The molecular weight excluding hydrogens is 425 g/mol. The lowest BCUT2D eigenvalue weighted by atomic mass is 10.0. The fraction of sp³-hybridized carbons (Fsp3) is 0.440. The van der Waals surface area contributed by atoms with Crippen LogP contribution in [0.5, 0.6) is 0 Å². The maximum atomic E-state index is 13.6. The third kappa shape index (κ3) is 4.80. The van der Waals surface area contributed by atoms with Crippen molar-refractivity contribution in [1.29, 1.82) is 0 Å². The fourth-order valence-corrected chi connectivity index (χ4v) is 4.72. The Morgan fingerprint density at radius 3 is 2.55 bits per heavy atom. The zero-order valence-corrected chi connectivity index (χ0v) is 18.5. The summed E-state index contributed by atoms with van der Waals surface area (Å²) in [5.74, 6) is 1.22. The molecule has 5 rings (SSSR count). The first-order valence-electron chi connectivity index (χ1n) is 11.6. The van der Waals surface area contributed by atoms with Crippen LogP contribution in [-0.4, -0.2) is 42.3 Å². The smallest absolute Gasteiger partial charge is 0.233 e. The van der Waals surface area contributed by atoms with Crippen LogP contribution in [0.1, 0.15) is 37.0 Å². The zero-order valence-electron chi connectivity index (χ0n) is 18.5. The highest BCUT2D eigenvalue weighted by atomic mass is 19.1. The van der Waals surface area contributed by atoms with Crippen molar-refractivity contribution in [3.05, 3.63) is 59.8 Å². The van der Waals surface area contributed by atoms with Gasteiger partial charge in [0.15, 0.2) is 0 Å². The van der Waals surface area contributed by atoms with Crippen LogP contribution >= 0.6 is 0 Å². The van der Waals surface area contributed by atoms with Crippen LogP contribution in [0.15, 0.2) is 51.6 Å². The van der Waals surface area contributed by atoms with Crippen molar-refractivity contribution in [2.24, 2.45) is 5.92 Å². The second-order valence-corrected chi connectivity index (χ2v) is 8.68. The molecule has 174 valence electrons. The van der Waals surface area contributed by atoms with Crippen LogP contribution in [0.4, 0.5) is 10.3 Å². The van der Waals surface area contributed by atoms with E-state index in [1.165, 1.54) is 12.1 Å². The van der Waals surface area contributed by atoms with Gasteiger partial charge in [0.25, 0.3) is 0 Å². The van der Waals surface area contributed by atoms with Crippen LogP contribution in [0.2, 0.25) is 0 Å². The number of rotatable bonds is 7. The van der Waals surface area contributed by atoms with Crippen molar-refractivity contribution >= 4 is 11.8 Å². The molecule has 2 aliphatic rings. The van der Waals surface area contributed by atoms with Crippen molar-refractivity contribution in [3.63, 3.8) is 0 Å². The van der Waals surface area contributed by atoms with Crippen molar-refractivity contribution in [2.75, 3.05) is 31.2 Å². The van der Waals surface area contributed by atoms with Gasteiger partial charge in [0.2, 0.25) is 11.8 Å². The summed E-state index contributed by atoms with van der Waals surface area (Å²) in [5.41, 5.74) is 2.20. The Labute approximate surface area is 192 Å². The van der Waals surface area contributed by atoms with E-state index in [0.717, 1.165) is 42.6 Å². The highest BCUT2D eigenvalue weighted by Crippen LogP contribution is 2.35. The Morgan fingerprint density at radius 2 is 1.85 bits per heavy atom. The minimum atomic E-state index is -0.312. The Morgan fingerprint density at radius 1 is 1.09 bits per heavy atom. The van der Waals surface area contributed by atoms with Crippen molar-refractivity contribution < 1.29 is 22.9 Å². The van der Waals surface area contributed by atoms with Gasteiger partial charge < -0.3 is 23.5 Å². The van der Waals surface area contributed by atoms with Gasteiger partial charge in [0.1, 0.15) is 17.3 Å². The average Bonchev–Trinajstić information content (AvgIpc) is 3.62. The van der Waals surface area contributed by atoms with E-state index < -0.39 is 0 Å². The normalized spacial score (nSPS) is 16.9. The lowest BCUT2D eigenvalue weighted by Crippen LogP contribution is -2.38. The molecule has 33 heavy (non-hydrogen) atoms. The summed E-state index contributed by atoms with van der Waals surface area (Å²) in [7, 11) is 0. The summed E-state index contributed by atoms with van der Waals surface area (Å²) in [6.45, 7) is 3.27. The molecule has 1 saturated heterocycles. The Kier molecular flexibility index (Phi) is 6.44. The zero-order chi connectivity index (χ0) is 22.6. The highest BCUT2D eigenvalue weighted by molar-refractivity contribution is 5.80. The van der Waals surface area contributed by atoms with E-state index >= 15 is 0 Å². The Hall–Kier alpha value is -3.13. The maximum absolute atomic E-state index is 13.6. The van der Waals surface area contributed by atoms with Crippen molar-refractivity contribution in [3.8, 4) is 11.3 Å². The minimum Gasteiger partial charge on any atom is -0.467 e. The summed E-state index contributed by atoms with van der Waals surface area (Å²) in [4.78, 5) is 17.5. The first-order chi connectivity index (χ1) is 16.2. The van der Waals surface area contributed by atoms with Gasteiger partial charge in [0, 0.05) is 24.6 Å². The third-order valence-electron chi connectivity index (χ3n) is 6.48. The fourth-order valence-electron chi connectivity index (χ4n) is 4.72. The number of furan rings is 1. The van der Waals surface area contributed by atoms with E-state index in [1.54, 1.807) is 18.4 Å². The minimum absolute atomic E-state index is 0.0286. The van der Waals surface area contributed by atoms with Gasteiger partial charge >= 0.3 is 0 Å². The molecular formula is C25H28FN3O4. The molecule has 0 radical (unpaired) electrons. The van der Waals surface area contributed by atoms with Gasteiger partial charge in [0.05, 0.1) is 38.1 Å². The number of hydrogen-bond donors (Lipinski definition) is 0. The highest BCUT2D eigenvalue weighted by Gasteiger charge is 2.31. The quantitative estimate of drug-likeness (QED) is 0.520. The van der Waals surface area contributed by atoms with Gasteiger partial charge in [-0.25, -0.2) is 4.39 Å². The number of amides is 1. The van der Waals surface area contributed by atoms with E-state index in [1.807, 2.05) is 17.0 Å². The molecule has 0 bridgehead atoms. The number of ether oxygens (including phenoxy) is 1. The number of carbonyl (C=O) groups is 1. The summed E-state index contributed by atoms with van der Waals surface area (Å²) in [5, 5.41) is 4.36. The standard InChI is InChI=1S/C25H28FN3O4/c26-20-9-7-18(8-10-20)23-22(25(33-27-23)28-11-14-31-15-12-28)17-29(16-21-6-3-13-32-21)24(30)19-4-1-2-5-19/h3,6-10,13,19H,1-2,4-5,11-12,14-17H2. The van der Waals surface area contributed by atoms with Gasteiger partial charge in [-0.1, -0.05) is 18.0 Å². The first kappa shape index (κ1) is 21.7. The van der Waals surface area contributed by atoms with Crippen LogP contribution in [0.3, 0.4) is 0 Å². The number of aromatic nitrogens is 1. The molecule has 8 heteroatoms. The molecule has 2 fully saturated rings. The molecule has 0 N–H and O–H groups in total. The van der Waals surface area contributed by atoms with Crippen molar-refractivity contribution in [1.82, 2.24) is 10.1 Å². The predicted octanol–water partition coefficient (Wildman–Crippen LogP) is 4.63. The molecule has 1 aromatic carbocycles. The van der Waals surface area contributed by atoms with Crippen LogP contribution in [0.25, 0.3) is 11.3 Å². The first-order valence-corrected chi connectivity index (χ1v) is 11.6. The van der Waals surface area contributed by atoms with Gasteiger partial charge in [-0.3, -0.25) is 4.79 Å². The number of benzene rings is 1. The monoisotopic (exact) mass is 453 g/mol. The number of hydrogen-bond acceptors (Lipinski definition) is 6. The van der Waals surface area contributed by atoms with Crippen molar-refractivity contribution in [2.45, 2.75) is 38.8 Å². The average molecular weight is 454 g/mol. The number of halogens is 1. The summed E-state index contributed by atoms with van der Waals surface area (Å²) in [6, 6.07) is 9.91. The number of morpholine rings is 1. The molecule has 0 unspecified atom stereocenters. The molecule has 0 atom stereocenters. The lowest BCUT2D eigenvalue weighted by molar-refractivity contribution is -0.136. The largest absolute Gasteiger partial charge is 0.467 e. The summed E-state index contributed by atoms with van der Waals surface area (Å²) < 4.78 is 30.5. The summed E-state index contributed by atoms with van der Waals surface area (Å²) in [6.07, 6.45) is 5.61. The van der Waals surface area contributed by atoms with E-state index in [4.69, 9.17) is 13.7 Å². The van der Waals surface area contributed by atoms with Gasteiger partial charge in [-0.2, -0.15) is 0 Å². The van der Waals surface area contributed by atoms with Crippen LogP contribution in [-0.2, 0) is 22.6 Å². The molecule has 0 spiro atoms. The molecule has 1 amide bonds. The third-order valence-corrected chi connectivity index (χ3v) is 6.48. The SMILES string of the molecule is O=C(C1CCCC1)N(Cc1ccco1)Cc1c(-c2ccc(F)cc2)noc1N1CCOCC1. The molecule has 7 nitrogen and oxygen atoms in total. The molecule has 3 aromatic rings.